The Bertz CT molecular complexity index is 535. The van der Waals surface area contributed by atoms with Gasteiger partial charge in [-0.25, -0.2) is 4.79 Å². The van der Waals surface area contributed by atoms with Gasteiger partial charge in [-0.15, -0.1) is 0 Å². The monoisotopic (exact) mass is 360 g/mol. The van der Waals surface area contributed by atoms with Crippen LogP contribution in [-0.4, -0.2) is 58.0 Å². The topological polar surface area (TPSA) is 202 Å². The first-order valence-corrected chi connectivity index (χ1v) is 7.54. The lowest BCUT2D eigenvalue weighted by Crippen LogP contribution is -2.56. The zero-order valence-electron chi connectivity index (χ0n) is 14.0. The number of nitrogens with two attached hydrogens (primary N) is 2. The van der Waals surface area contributed by atoms with Gasteiger partial charge in [0.1, 0.15) is 12.1 Å². The van der Waals surface area contributed by atoms with Crippen LogP contribution < -0.4 is 22.1 Å². The van der Waals surface area contributed by atoms with Gasteiger partial charge in [-0.2, -0.15) is 0 Å². The molecule has 8 N–H and O–H groups in total. The van der Waals surface area contributed by atoms with Gasteiger partial charge >= 0.3 is 11.9 Å². The summed E-state index contributed by atoms with van der Waals surface area (Å²) in [6.45, 7) is 3.22. The molecule has 0 aliphatic heterocycles. The second-order valence-electron chi connectivity index (χ2n) is 5.84. The van der Waals surface area contributed by atoms with Gasteiger partial charge < -0.3 is 32.3 Å². The van der Waals surface area contributed by atoms with Gasteiger partial charge in [0.15, 0.2) is 0 Å². The van der Waals surface area contributed by atoms with Crippen LogP contribution in [0.25, 0.3) is 0 Å². The quantitative estimate of drug-likeness (QED) is 0.237. The maximum absolute atomic E-state index is 12.3. The summed E-state index contributed by atoms with van der Waals surface area (Å²) in [6, 6.07) is -3.77. The first-order valence-electron chi connectivity index (χ1n) is 7.54. The number of rotatable bonds is 11. The van der Waals surface area contributed by atoms with E-state index in [2.05, 4.69) is 10.6 Å². The standard InChI is InChI=1S/C14H24N4O7/c1-6(2)11(18-12(22)7(15)5-9(16)19)13(23)17-8(14(24)25)3-4-10(20)21/h6-8,11H,3-5,15H2,1-2H3,(H2,16,19)(H,17,23)(H,18,22)(H,20,21)(H,24,25)/t7-,8-,11-/m0/s1. The molecule has 0 saturated carbocycles. The van der Waals surface area contributed by atoms with Crippen molar-refractivity contribution < 1.29 is 34.2 Å². The summed E-state index contributed by atoms with van der Waals surface area (Å²) in [7, 11) is 0. The van der Waals surface area contributed by atoms with Crippen molar-refractivity contribution >= 4 is 29.7 Å². The second kappa shape index (κ2) is 10.2. The molecule has 142 valence electrons. The van der Waals surface area contributed by atoms with Crippen LogP contribution in [0.2, 0.25) is 0 Å². The van der Waals surface area contributed by atoms with Gasteiger partial charge in [0.05, 0.1) is 12.5 Å². The van der Waals surface area contributed by atoms with Crippen LogP contribution in [0.15, 0.2) is 0 Å². The van der Waals surface area contributed by atoms with E-state index in [1.807, 2.05) is 0 Å². The number of aliphatic carboxylic acids is 2. The highest BCUT2D eigenvalue weighted by Gasteiger charge is 2.30. The third-order valence-corrected chi connectivity index (χ3v) is 3.27. The van der Waals surface area contributed by atoms with Crippen molar-refractivity contribution in [2.24, 2.45) is 17.4 Å². The zero-order chi connectivity index (χ0) is 19.7. The molecule has 0 unspecified atom stereocenters. The van der Waals surface area contributed by atoms with Crippen molar-refractivity contribution in [2.45, 2.75) is 51.2 Å². The summed E-state index contributed by atoms with van der Waals surface area (Å²) < 4.78 is 0. The molecule has 0 heterocycles. The summed E-state index contributed by atoms with van der Waals surface area (Å²) in [5, 5.41) is 22.2. The van der Waals surface area contributed by atoms with Crippen molar-refractivity contribution in [3.63, 3.8) is 0 Å². The molecule has 0 aromatic heterocycles. The molecule has 0 aromatic rings. The van der Waals surface area contributed by atoms with Gasteiger partial charge in [0.25, 0.3) is 0 Å². The number of carboxylic acid groups (broad SMARTS) is 2. The molecule has 0 bridgehead atoms. The minimum absolute atomic E-state index is 0.309. The summed E-state index contributed by atoms with van der Waals surface area (Å²) in [5.74, 6) is -5.38. The van der Waals surface area contributed by atoms with Gasteiger partial charge in [-0.05, 0) is 12.3 Å². The smallest absolute Gasteiger partial charge is 0.326 e. The first kappa shape index (κ1) is 22.3. The predicted molar refractivity (Wildman–Crippen MR) is 85.0 cm³/mol. The fourth-order valence-electron chi connectivity index (χ4n) is 1.89. The minimum atomic E-state index is -1.42. The highest BCUT2D eigenvalue weighted by Crippen LogP contribution is 2.05. The lowest BCUT2D eigenvalue weighted by molar-refractivity contribution is -0.143. The molecular formula is C14H24N4O7. The van der Waals surface area contributed by atoms with E-state index in [0.29, 0.717) is 0 Å². The number of carboxylic acids is 2. The molecular weight excluding hydrogens is 336 g/mol. The van der Waals surface area contributed by atoms with Gasteiger partial charge in [0, 0.05) is 6.42 Å². The van der Waals surface area contributed by atoms with Crippen molar-refractivity contribution in [3.8, 4) is 0 Å². The fourth-order valence-corrected chi connectivity index (χ4v) is 1.89. The van der Waals surface area contributed by atoms with Gasteiger partial charge in [-0.1, -0.05) is 13.8 Å². The SMILES string of the molecule is CC(C)[C@H](NC(=O)[C@@H](N)CC(N)=O)C(=O)N[C@@H](CCC(=O)O)C(=O)O. The number of hydrogen-bond donors (Lipinski definition) is 6. The van der Waals surface area contributed by atoms with Crippen molar-refractivity contribution in [2.75, 3.05) is 0 Å². The summed E-state index contributed by atoms with van der Waals surface area (Å²) in [4.78, 5) is 56.6. The van der Waals surface area contributed by atoms with Crippen molar-refractivity contribution in [1.29, 1.82) is 0 Å². The van der Waals surface area contributed by atoms with Crippen LogP contribution in [0.3, 0.4) is 0 Å². The minimum Gasteiger partial charge on any atom is -0.481 e. The zero-order valence-corrected chi connectivity index (χ0v) is 14.0. The Hall–Kier alpha value is -2.69. The average molecular weight is 360 g/mol. The number of nitrogens with one attached hydrogen (secondary N) is 2. The highest BCUT2D eigenvalue weighted by atomic mass is 16.4. The third kappa shape index (κ3) is 8.65. The third-order valence-electron chi connectivity index (χ3n) is 3.27. The summed E-state index contributed by atoms with van der Waals surface area (Å²) in [6.07, 6.45) is -1.16. The van der Waals surface area contributed by atoms with E-state index in [-0.39, 0.29) is 6.42 Å². The van der Waals surface area contributed by atoms with Crippen LogP contribution in [0, 0.1) is 5.92 Å². The van der Waals surface area contributed by atoms with Crippen LogP contribution in [0.4, 0.5) is 0 Å². The maximum atomic E-state index is 12.3. The summed E-state index contributed by atoms with van der Waals surface area (Å²) >= 11 is 0. The van der Waals surface area contributed by atoms with E-state index < -0.39 is 66.5 Å². The predicted octanol–water partition coefficient (Wildman–Crippen LogP) is -2.24. The van der Waals surface area contributed by atoms with E-state index in [1.165, 1.54) is 0 Å². The molecule has 0 aliphatic carbocycles. The molecule has 0 spiro atoms. The van der Waals surface area contributed by atoms with E-state index in [9.17, 15) is 24.0 Å². The van der Waals surface area contributed by atoms with Crippen molar-refractivity contribution in [1.82, 2.24) is 10.6 Å². The Morgan fingerprint density at radius 2 is 1.56 bits per heavy atom. The van der Waals surface area contributed by atoms with E-state index in [1.54, 1.807) is 13.8 Å². The molecule has 0 radical (unpaired) electrons. The largest absolute Gasteiger partial charge is 0.481 e. The van der Waals surface area contributed by atoms with Crippen LogP contribution in [0.1, 0.15) is 33.1 Å². The van der Waals surface area contributed by atoms with Crippen LogP contribution in [-0.2, 0) is 24.0 Å². The fraction of sp³-hybridized carbons (Fsp3) is 0.643. The Labute approximate surface area is 144 Å². The van der Waals surface area contributed by atoms with E-state index in [0.717, 1.165) is 0 Å². The lowest BCUT2D eigenvalue weighted by Gasteiger charge is -2.25. The molecule has 3 atom stereocenters. The van der Waals surface area contributed by atoms with Crippen LogP contribution in [0.5, 0.6) is 0 Å². The maximum Gasteiger partial charge on any atom is 0.326 e. The second-order valence-corrected chi connectivity index (χ2v) is 5.84. The Morgan fingerprint density at radius 1 is 1.00 bits per heavy atom. The molecule has 3 amide bonds. The Kier molecular flexibility index (Phi) is 9.13. The van der Waals surface area contributed by atoms with Crippen LogP contribution >= 0.6 is 0 Å². The number of amides is 3. The van der Waals surface area contributed by atoms with E-state index in [4.69, 9.17) is 21.7 Å². The Balaban J connectivity index is 4.97. The molecule has 0 aliphatic rings. The molecule has 0 saturated heterocycles. The molecule has 0 fully saturated rings. The lowest BCUT2D eigenvalue weighted by atomic mass is 10.0. The normalized spacial score (nSPS) is 14.2. The van der Waals surface area contributed by atoms with E-state index >= 15 is 0 Å². The first-order chi connectivity index (χ1) is 11.5. The molecule has 25 heavy (non-hydrogen) atoms. The molecule has 11 nitrogen and oxygen atoms in total. The molecule has 0 rings (SSSR count). The number of primary amides is 1. The number of carbonyl (C=O) groups excluding carboxylic acids is 3. The molecule has 11 heteroatoms. The average Bonchev–Trinajstić information content (AvgIpc) is 2.46. The molecule has 0 aromatic carbocycles. The number of carbonyl (C=O) groups is 5. The van der Waals surface area contributed by atoms with Gasteiger partial charge in [-0.3, -0.25) is 19.2 Å². The Morgan fingerprint density at radius 3 is 1.96 bits per heavy atom. The highest BCUT2D eigenvalue weighted by molar-refractivity contribution is 5.93. The van der Waals surface area contributed by atoms with Crippen molar-refractivity contribution in [3.05, 3.63) is 0 Å². The summed E-state index contributed by atoms with van der Waals surface area (Å²) in [5.41, 5.74) is 10.4. The number of hydrogen-bond acceptors (Lipinski definition) is 6. The van der Waals surface area contributed by atoms with Gasteiger partial charge in [0.2, 0.25) is 17.7 Å².